The van der Waals surface area contributed by atoms with E-state index in [0.29, 0.717) is 5.75 Å². The second-order valence-electron chi connectivity index (χ2n) is 9.18. The Morgan fingerprint density at radius 3 is 0.892 bits per heavy atom. The van der Waals surface area contributed by atoms with Crippen LogP contribution in [-0.4, -0.2) is 5.11 Å². The molecular weight excluding hydrogens is 448 g/mol. The molecule has 0 unspecified atom stereocenters. The van der Waals surface area contributed by atoms with Crippen LogP contribution in [0.4, 0.5) is 0 Å². The third-order valence-corrected chi connectivity index (χ3v) is 6.76. The van der Waals surface area contributed by atoms with E-state index >= 15 is 0 Å². The van der Waals surface area contributed by atoms with E-state index < -0.39 is 0 Å². The topological polar surface area (TPSA) is 20.2 Å². The maximum atomic E-state index is 11.4. The summed E-state index contributed by atoms with van der Waals surface area (Å²) >= 11 is 0. The first kappa shape index (κ1) is 22.6. The van der Waals surface area contributed by atoms with Crippen LogP contribution < -0.4 is 0 Å². The van der Waals surface area contributed by atoms with Crippen molar-refractivity contribution in [2.24, 2.45) is 0 Å². The Bertz CT molecular complexity index is 1520. The highest BCUT2D eigenvalue weighted by molar-refractivity contribution is 5.90. The lowest BCUT2D eigenvalue weighted by molar-refractivity contribution is 0.479. The molecule has 0 saturated carbocycles. The van der Waals surface area contributed by atoms with Crippen LogP contribution in [0.2, 0.25) is 0 Å². The number of benzene rings is 6. The van der Waals surface area contributed by atoms with Crippen LogP contribution in [0.15, 0.2) is 152 Å². The van der Waals surface area contributed by atoms with Crippen LogP contribution in [0.5, 0.6) is 5.75 Å². The summed E-state index contributed by atoms with van der Waals surface area (Å²) in [4.78, 5) is 0. The first-order valence-corrected chi connectivity index (χ1v) is 12.5. The van der Waals surface area contributed by atoms with Crippen molar-refractivity contribution in [1.82, 2.24) is 0 Å². The predicted molar refractivity (Wildman–Crippen MR) is 155 cm³/mol. The molecule has 6 aromatic carbocycles. The Kier molecular flexibility index (Phi) is 6.10. The zero-order valence-electron chi connectivity index (χ0n) is 20.4. The summed E-state index contributed by atoms with van der Waals surface area (Å²) in [6.45, 7) is 0. The van der Waals surface area contributed by atoms with Crippen molar-refractivity contribution in [3.05, 3.63) is 152 Å². The van der Waals surface area contributed by atoms with Gasteiger partial charge in [-0.1, -0.05) is 121 Å². The minimum atomic E-state index is 0.295. The molecule has 1 nitrogen and oxygen atoms in total. The molecule has 0 fully saturated rings. The van der Waals surface area contributed by atoms with Gasteiger partial charge in [0.05, 0.1) is 0 Å². The Morgan fingerprint density at radius 1 is 0.270 bits per heavy atom. The largest absolute Gasteiger partial charge is 0.507 e. The summed E-state index contributed by atoms with van der Waals surface area (Å²) in [7, 11) is 0. The summed E-state index contributed by atoms with van der Waals surface area (Å²) in [5.41, 5.74) is 10.5. The van der Waals surface area contributed by atoms with Gasteiger partial charge in [0.15, 0.2) is 0 Å². The average molecular weight is 475 g/mol. The zero-order chi connectivity index (χ0) is 25.0. The first-order chi connectivity index (χ1) is 18.3. The van der Waals surface area contributed by atoms with E-state index in [9.17, 15) is 5.11 Å². The summed E-state index contributed by atoms with van der Waals surface area (Å²) < 4.78 is 0. The molecule has 0 saturated heterocycles. The van der Waals surface area contributed by atoms with Crippen LogP contribution in [0.1, 0.15) is 0 Å². The Morgan fingerprint density at radius 2 is 0.541 bits per heavy atom. The summed E-state index contributed by atoms with van der Waals surface area (Å²) in [6.07, 6.45) is 0. The molecule has 0 radical (unpaired) electrons. The predicted octanol–water partition coefficient (Wildman–Crippen LogP) is 9.73. The fraction of sp³-hybridized carbons (Fsp3) is 0. The van der Waals surface area contributed by atoms with Crippen LogP contribution in [0, 0.1) is 0 Å². The normalized spacial score (nSPS) is 10.8. The molecule has 176 valence electrons. The monoisotopic (exact) mass is 474 g/mol. The molecule has 0 heterocycles. The maximum absolute atomic E-state index is 11.4. The molecule has 0 amide bonds. The van der Waals surface area contributed by atoms with Gasteiger partial charge in [-0.3, -0.25) is 0 Å². The minimum Gasteiger partial charge on any atom is -0.507 e. The van der Waals surface area contributed by atoms with E-state index in [1.807, 2.05) is 72.8 Å². The number of phenolic OH excluding ortho intramolecular Hbond substituents is 1. The molecule has 6 rings (SSSR count). The molecule has 0 spiro atoms. The maximum Gasteiger partial charge on any atom is 0.131 e. The molecule has 37 heavy (non-hydrogen) atoms. The third-order valence-electron chi connectivity index (χ3n) is 6.76. The number of aromatic hydroxyl groups is 1. The Hall–Kier alpha value is -4.88. The number of hydrogen-bond donors (Lipinski definition) is 1. The van der Waals surface area contributed by atoms with Gasteiger partial charge in [-0.05, 0) is 74.8 Å². The molecule has 0 aliphatic carbocycles. The molecule has 0 bridgehead atoms. The number of phenols is 1. The van der Waals surface area contributed by atoms with E-state index in [4.69, 9.17) is 0 Å². The van der Waals surface area contributed by atoms with E-state index in [-0.39, 0.29) is 0 Å². The van der Waals surface area contributed by atoms with E-state index in [1.54, 1.807) is 0 Å². The highest BCUT2D eigenvalue weighted by Crippen LogP contribution is 2.43. The van der Waals surface area contributed by atoms with Gasteiger partial charge in [-0.2, -0.15) is 0 Å². The lowest BCUT2D eigenvalue weighted by atomic mass is 9.89. The van der Waals surface area contributed by atoms with E-state index in [0.717, 1.165) is 44.5 Å². The molecular formula is C36H26O. The molecule has 1 heteroatoms. The van der Waals surface area contributed by atoms with Crippen molar-refractivity contribution in [1.29, 1.82) is 0 Å². The average Bonchev–Trinajstić information content (AvgIpc) is 2.99. The molecule has 0 atom stereocenters. The van der Waals surface area contributed by atoms with Gasteiger partial charge >= 0.3 is 0 Å². The third kappa shape index (κ3) is 4.68. The van der Waals surface area contributed by atoms with Crippen molar-refractivity contribution in [2.45, 2.75) is 0 Å². The van der Waals surface area contributed by atoms with Gasteiger partial charge in [0, 0.05) is 11.1 Å². The first-order valence-electron chi connectivity index (χ1n) is 12.5. The molecule has 6 aromatic rings. The fourth-order valence-electron chi connectivity index (χ4n) is 4.87. The molecule has 1 N–H and O–H groups in total. The Balaban J connectivity index is 1.61. The van der Waals surface area contributed by atoms with E-state index in [2.05, 4.69) is 78.9 Å². The molecule has 0 aliphatic heterocycles. The van der Waals surface area contributed by atoms with Gasteiger partial charge in [0.25, 0.3) is 0 Å². The van der Waals surface area contributed by atoms with Gasteiger partial charge in [-0.25, -0.2) is 0 Å². The minimum absolute atomic E-state index is 0.295. The van der Waals surface area contributed by atoms with Crippen molar-refractivity contribution in [3.8, 4) is 61.4 Å². The lowest BCUT2D eigenvalue weighted by Crippen LogP contribution is -1.90. The summed E-state index contributed by atoms with van der Waals surface area (Å²) in [5.74, 6) is 0.295. The van der Waals surface area contributed by atoms with Crippen molar-refractivity contribution in [2.75, 3.05) is 0 Å². The van der Waals surface area contributed by atoms with Crippen LogP contribution >= 0.6 is 0 Å². The van der Waals surface area contributed by atoms with E-state index in [1.165, 1.54) is 11.1 Å². The highest BCUT2D eigenvalue weighted by Gasteiger charge is 2.16. The molecule has 0 aromatic heterocycles. The van der Waals surface area contributed by atoms with Gasteiger partial charge in [0.2, 0.25) is 0 Å². The zero-order valence-corrected chi connectivity index (χ0v) is 20.4. The standard InChI is InChI=1S/C36H26O/c37-36-34(28-17-9-3-10-18-28)24-33(25-35(36)29-19-11-4-12-20-29)32-22-30(26-13-5-1-6-14-26)21-31(23-32)27-15-7-2-8-16-27/h1-25,37H. The highest BCUT2D eigenvalue weighted by atomic mass is 16.3. The van der Waals surface area contributed by atoms with Gasteiger partial charge in [-0.15, -0.1) is 0 Å². The van der Waals surface area contributed by atoms with Crippen LogP contribution in [0.3, 0.4) is 0 Å². The van der Waals surface area contributed by atoms with Crippen LogP contribution in [0.25, 0.3) is 55.6 Å². The smallest absolute Gasteiger partial charge is 0.131 e. The van der Waals surface area contributed by atoms with Crippen LogP contribution in [-0.2, 0) is 0 Å². The summed E-state index contributed by atoms with van der Waals surface area (Å²) in [6, 6.07) is 52.2. The fourth-order valence-corrected chi connectivity index (χ4v) is 4.87. The summed E-state index contributed by atoms with van der Waals surface area (Å²) in [5, 5.41) is 11.4. The molecule has 0 aliphatic rings. The quantitative estimate of drug-likeness (QED) is 0.264. The number of hydrogen-bond acceptors (Lipinski definition) is 1. The van der Waals surface area contributed by atoms with Crippen molar-refractivity contribution in [3.63, 3.8) is 0 Å². The second-order valence-corrected chi connectivity index (χ2v) is 9.18. The second kappa shape index (κ2) is 10.0. The Labute approximate surface area is 218 Å². The number of rotatable bonds is 5. The van der Waals surface area contributed by atoms with Crippen molar-refractivity contribution < 1.29 is 5.11 Å². The van der Waals surface area contributed by atoms with Gasteiger partial charge in [0.1, 0.15) is 5.75 Å². The SMILES string of the molecule is Oc1c(-c2ccccc2)cc(-c2cc(-c3ccccc3)cc(-c3ccccc3)c2)cc1-c1ccccc1. The lowest BCUT2D eigenvalue weighted by Gasteiger charge is -2.16. The van der Waals surface area contributed by atoms with Gasteiger partial charge < -0.3 is 5.11 Å². The van der Waals surface area contributed by atoms with Crippen molar-refractivity contribution >= 4 is 0 Å².